The van der Waals surface area contributed by atoms with E-state index in [1.807, 2.05) is 46.8 Å². The Morgan fingerprint density at radius 3 is 2.53 bits per heavy atom. The van der Waals surface area contributed by atoms with Crippen LogP contribution >= 0.6 is 15.9 Å². The Balaban J connectivity index is 1.45. The Kier molecular flexibility index (Phi) is 5.51. The summed E-state index contributed by atoms with van der Waals surface area (Å²) < 4.78 is 3.04. The van der Waals surface area contributed by atoms with Gasteiger partial charge in [-0.3, -0.25) is 9.59 Å². The van der Waals surface area contributed by atoms with Crippen molar-refractivity contribution in [3.63, 3.8) is 0 Å². The Labute approximate surface area is 184 Å². The molecule has 1 aliphatic heterocycles. The van der Waals surface area contributed by atoms with Crippen LogP contribution in [-0.4, -0.2) is 64.9 Å². The van der Waals surface area contributed by atoms with E-state index < -0.39 is 0 Å². The molecule has 7 nitrogen and oxygen atoms in total. The Morgan fingerprint density at radius 2 is 1.90 bits per heavy atom. The first-order chi connectivity index (χ1) is 14.3. The van der Waals surface area contributed by atoms with Crippen molar-refractivity contribution in [1.29, 1.82) is 0 Å². The van der Waals surface area contributed by atoms with Crippen LogP contribution in [0.25, 0.3) is 11.0 Å². The SMILES string of the molecule is CN(C)C(=O)c1ccc(N2CCN(Cc3cc4c(Br)ccnc4n3C)C(=O)C2)cc1. The van der Waals surface area contributed by atoms with Gasteiger partial charge in [0.05, 0.1) is 13.1 Å². The molecule has 0 atom stereocenters. The Hall–Kier alpha value is -2.87. The lowest BCUT2D eigenvalue weighted by Crippen LogP contribution is -2.50. The topological polar surface area (TPSA) is 61.7 Å². The molecule has 1 aromatic carbocycles. The molecular weight excluding hydrogens is 446 g/mol. The maximum absolute atomic E-state index is 12.8. The number of pyridine rings is 1. The number of piperazine rings is 1. The van der Waals surface area contributed by atoms with Crippen molar-refractivity contribution in [2.75, 3.05) is 38.6 Å². The number of hydrogen-bond donors (Lipinski definition) is 0. The van der Waals surface area contributed by atoms with E-state index in [4.69, 9.17) is 0 Å². The number of aryl methyl sites for hydroxylation is 1. The van der Waals surface area contributed by atoms with Gasteiger partial charge in [0.15, 0.2) is 0 Å². The molecule has 4 rings (SSSR count). The van der Waals surface area contributed by atoms with Gasteiger partial charge in [-0.15, -0.1) is 0 Å². The van der Waals surface area contributed by atoms with Gasteiger partial charge in [0, 0.05) is 67.2 Å². The monoisotopic (exact) mass is 469 g/mol. The van der Waals surface area contributed by atoms with Crippen LogP contribution in [0.5, 0.6) is 0 Å². The van der Waals surface area contributed by atoms with Crippen LogP contribution in [0.15, 0.2) is 47.1 Å². The second-order valence-electron chi connectivity index (χ2n) is 7.71. The first-order valence-electron chi connectivity index (χ1n) is 9.78. The van der Waals surface area contributed by atoms with E-state index in [2.05, 4.69) is 31.9 Å². The van der Waals surface area contributed by atoms with Gasteiger partial charge < -0.3 is 19.3 Å². The summed E-state index contributed by atoms with van der Waals surface area (Å²) in [4.78, 5) is 34.8. The third-order valence-electron chi connectivity index (χ3n) is 5.53. The summed E-state index contributed by atoms with van der Waals surface area (Å²) in [7, 11) is 5.45. The lowest BCUT2D eigenvalue weighted by atomic mass is 10.1. The number of aromatic nitrogens is 2. The molecule has 0 spiro atoms. The van der Waals surface area contributed by atoms with Gasteiger partial charge in [0.1, 0.15) is 5.65 Å². The van der Waals surface area contributed by atoms with Gasteiger partial charge in [-0.05, 0) is 52.3 Å². The number of carbonyl (C=O) groups excluding carboxylic acids is 2. The molecule has 0 saturated carbocycles. The predicted octanol–water partition coefficient (Wildman–Crippen LogP) is 2.89. The number of amides is 2. The summed E-state index contributed by atoms with van der Waals surface area (Å²) in [6, 6.07) is 11.5. The van der Waals surface area contributed by atoms with Crippen molar-refractivity contribution in [3.8, 4) is 0 Å². The number of rotatable bonds is 4. The number of hydrogen-bond acceptors (Lipinski definition) is 4. The van der Waals surface area contributed by atoms with E-state index >= 15 is 0 Å². The number of halogens is 1. The molecule has 0 bridgehead atoms. The van der Waals surface area contributed by atoms with Gasteiger partial charge in [-0.2, -0.15) is 0 Å². The summed E-state index contributed by atoms with van der Waals surface area (Å²) in [6.45, 7) is 2.28. The second kappa shape index (κ2) is 8.10. The van der Waals surface area contributed by atoms with Crippen LogP contribution in [-0.2, 0) is 18.4 Å². The highest BCUT2D eigenvalue weighted by Gasteiger charge is 2.25. The van der Waals surface area contributed by atoms with Crippen LogP contribution in [0.4, 0.5) is 5.69 Å². The molecule has 1 fully saturated rings. The molecule has 0 radical (unpaired) electrons. The molecule has 1 saturated heterocycles. The van der Waals surface area contributed by atoms with Crippen molar-refractivity contribution >= 4 is 44.5 Å². The van der Waals surface area contributed by atoms with Crippen molar-refractivity contribution in [2.45, 2.75) is 6.54 Å². The molecule has 0 aliphatic carbocycles. The average Bonchev–Trinajstić information content (AvgIpc) is 3.06. The molecule has 156 valence electrons. The average molecular weight is 470 g/mol. The lowest BCUT2D eigenvalue weighted by molar-refractivity contribution is -0.131. The van der Waals surface area contributed by atoms with Crippen molar-refractivity contribution in [1.82, 2.24) is 19.4 Å². The summed E-state index contributed by atoms with van der Waals surface area (Å²) >= 11 is 3.57. The predicted molar refractivity (Wildman–Crippen MR) is 121 cm³/mol. The largest absolute Gasteiger partial charge is 0.360 e. The zero-order chi connectivity index (χ0) is 21.4. The molecular formula is C22H24BrN5O2. The molecule has 3 heterocycles. The van der Waals surface area contributed by atoms with E-state index in [0.717, 1.165) is 33.4 Å². The fourth-order valence-corrected chi connectivity index (χ4v) is 4.17. The maximum Gasteiger partial charge on any atom is 0.253 e. The Bertz CT molecular complexity index is 1110. The molecule has 1 aliphatic rings. The number of nitrogens with zero attached hydrogens (tertiary/aromatic N) is 5. The van der Waals surface area contributed by atoms with Crippen molar-refractivity contribution in [2.24, 2.45) is 7.05 Å². The third kappa shape index (κ3) is 3.79. The van der Waals surface area contributed by atoms with Gasteiger partial charge in [-0.1, -0.05) is 0 Å². The van der Waals surface area contributed by atoms with E-state index in [-0.39, 0.29) is 11.8 Å². The van der Waals surface area contributed by atoms with Crippen LogP contribution in [0, 0.1) is 0 Å². The van der Waals surface area contributed by atoms with Crippen LogP contribution < -0.4 is 4.90 Å². The van der Waals surface area contributed by atoms with E-state index in [1.165, 1.54) is 0 Å². The highest BCUT2D eigenvalue weighted by atomic mass is 79.9. The molecule has 8 heteroatoms. The van der Waals surface area contributed by atoms with Crippen molar-refractivity contribution in [3.05, 3.63) is 58.3 Å². The fourth-order valence-electron chi connectivity index (χ4n) is 3.76. The summed E-state index contributed by atoms with van der Waals surface area (Å²) in [5, 5.41) is 1.05. The van der Waals surface area contributed by atoms with E-state index in [0.29, 0.717) is 25.2 Å². The first kappa shape index (κ1) is 20.4. The zero-order valence-electron chi connectivity index (χ0n) is 17.3. The number of benzene rings is 1. The number of carbonyl (C=O) groups is 2. The standard InChI is InChI=1S/C22H24BrN5O2/c1-25(2)22(30)15-4-6-16(7-5-15)27-10-11-28(20(29)14-27)13-17-12-18-19(23)8-9-24-21(18)26(17)3/h4-9,12H,10-11,13-14H2,1-3H3. The maximum atomic E-state index is 12.8. The molecule has 0 N–H and O–H groups in total. The number of anilines is 1. The van der Waals surface area contributed by atoms with E-state index in [1.54, 1.807) is 25.2 Å². The second-order valence-corrected chi connectivity index (χ2v) is 8.56. The molecule has 0 unspecified atom stereocenters. The van der Waals surface area contributed by atoms with Gasteiger partial charge in [-0.25, -0.2) is 4.98 Å². The van der Waals surface area contributed by atoms with Crippen LogP contribution in [0.3, 0.4) is 0 Å². The highest BCUT2D eigenvalue weighted by molar-refractivity contribution is 9.10. The fraction of sp³-hybridized carbons (Fsp3) is 0.318. The smallest absolute Gasteiger partial charge is 0.253 e. The van der Waals surface area contributed by atoms with Crippen LogP contribution in [0.1, 0.15) is 16.1 Å². The molecule has 3 aromatic rings. The molecule has 30 heavy (non-hydrogen) atoms. The van der Waals surface area contributed by atoms with E-state index in [9.17, 15) is 9.59 Å². The summed E-state index contributed by atoms with van der Waals surface area (Å²) in [6.07, 6.45) is 1.78. The third-order valence-corrected chi connectivity index (χ3v) is 6.22. The molecule has 2 amide bonds. The zero-order valence-corrected chi connectivity index (χ0v) is 18.9. The lowest BCUT2D eigenvalue weighted by Gasteiger charge is -2.35. The van der Waals surface area contributed by atoms with Gasteiger partial charge >= 0.3 is 0 Å². The normalized spacial score (nSPS) is 14.5. The van der Waals surface area contributed by atoms with Crippen LogP contribution in [0.2, 0.25) is 0 Å². The van der Waals surface area contributed by atoms with Gasteiger partial charge in [0.2, 0.25) is 5.91 Å². The minimum atomic E-state index is -0.0291. The Morgan fingerprint density at radius 1 is 1.17 bits per heavy atom. The summed E-state index contributed by atoms with van der Waals surface area (Å²) in [5.74, 6) is 0.0607. The minimum Gasteiger partial charge on any atom is -0.360 e. The highest BCUT2D eigenvalue weighted by Crippen LogP contribution is 2.26. The quantitative estimate of drug-likeness (QED) is 0.589. The summed E-state index contributed by atoms with van der Waals surface area (Å²) in [5.41, 5.74) is 3.55. The van der Waals surface area contributed by atoms with Gasteiger partial charge in [0.25, 0.3) is 5.91 Å². The first-order valence-corrected chi connectivity index (χ1v) is 10.6. The van der Waals surface area contributed by atoms with Crippen molar-refractivity contribution < 1.29 is 9.59 Å². The minimum absolute atomic E-state index is 0.0291. The molecule has 2 aromatic heterocycles. The number of fused-ring (bicyclic) bond motifs is 1.